The first kappa shape index (κ1) is 7.93. The molecule has 1 aliphatic rings. The molecule has 1 aromatic carbocycles. The number of fused-ring (bicyclic) bond motifs is 1. The van der Waals surface area contributed by atoms with Gasteiger partial charge in [-0.05, 0) is 48.4 Å². The summed E-state index contributed by atoms with van der Waals surface area (Å²) >= 11 is 1.81. The van der Waals surface area contributed by atoms with Crippen molar-refractivity contribution in [2.24, 2.45) is 0 Å². The van der Waals surface area contributed by atoms with Crippen LogP contribution in [0.5, 0.6) is 0 Å². The molecule has 0 N–H and O–H groups in total. The third-order valence-corrected chi connectivity index (χ3v) is 3.10. The van der Waals surface area contributed by atoms with Gasteiger partial charge < -0.3 is 0 Å². The second kappa shape index (κ2) is 2.98. The minimum Gasteiger partial charge on any atom is -0.130 e. The van der Waals surface area contributed by atoms with E-state index in [0.717, 1.165) is 6.42 Å². The number of hydrogen-bond donors (Lipinski definition) is 0. The van der Waals surface area contributed by atoms with Gasteiger partial charge in [0.25, 0.3) is 0 Å². The summed E-state index contributed by atoms with van der Waals surface area (Å²) in [4.78, 5) is 1.36. The monoisotopic (exact) mass is 176 g/mol. The van der Waals surface area contributed by atoms with E-state index in [1.165, 1.54) is 21.6 Å². The average molecular weight is 176 g/mol. The van der Waals surface area contributed by atoms with Crippen molar-refractivity contribution in [2.45, 2.75) is 18.2 Å². The smallest absolute Gasteiger partial charge is 0.00753 e. The summed E-state index contributed by atoms with van der Waals surface area (Å²) in [5.41, 5.74) is 4.35. The molecule has 0 atom stereocenters. The second-order valence-corrected chi connectivity index (χ2v) is 3.99. The van der Waals surface area contributed by atoms with E-state index in [1.54, 1.807) is 0 Å². The molecule has 0 saturated heterocycles. The molecule has 0 aromatic heterocycles. The van der Waals surface area contributed by atoms with Crippen LogP contribution in [0.2, 0.25) is 0 Å². The van der Waals surface area contributed by atoms with Crippen molar-refractivity contribution in [3.63, 3.8) is 0 Å². The van der Waals surface area contributed by atoms with Gasteiger partial charge in [-0.2, -0.15) is 0 Å². The Morgan fingerprint density at radius 1 is 1.33 bits per heavy atom. The lowest BCUT2D eigenvalue weighted by atomic mass is 10.1. The molecule has 12 heavy (non-hydrogen) atoms. The molecule has 0 bridgehead atoms. The highest BCUT2D eigenvalue weighted by molar-refractivity contribution is 7.98. The number of benzene rings is 1. The van der Waals surface area contributed by atoms with Gasteiger partial charge in [0, 0.05) is 4.90 Å². The van der Waals surface area contributed by atoms with Crippen molar-refractivity contribution in [3.05, 3.63) is 35.4 Å². The first-order chi connectivity index (χ1) is 5.81. The molecule has 0 fully saturated rings. The minimum atomic E-state index is 1.12. The predicted octanol–water partition coefficient (Wildman–Crippen LogP) is 3.37. The summed E-state index contributed by atoms with van der Waals surface area (Å²) in [5.74, 6) is 0. The van der Waals surface area contributed by atoms with Gasteiger partial charge >= 0.3 is 0 Å². The van der Waals surface area contributed by atoms with Crippen LogP contribution in [0.25, 0.3) is 5.57 Å². The summed E-state index contributed by atoms with van der Waals surface area (Å²) in [6.07, 6.45) is 5.54. The summed E-state index contributed by atoms with van der Waals surface area (Å²) in [7, 11) is 0. The van der Waals surface area contributed by atoms with Gasteiger partial charge in [-0.15, -0.1) is 11.8 Å². The van der Waals surface area contributed by atoms with Crippen LogP contribution in [0.3, 0.4) is 0 Å². The first-order valence-corrected chi connectivity index (χ1v) is 5.38. The molecule has 1 heteroatoms. The standard InChI is InChI=1S/C11H12S/c1-8-3-4-9-5-6-10(12-2)7-11(8)9/h3,5-7H,4H2,1-2H3. The van der Waals surface area contributed by atoms with E-state index in [2.05, 4.69) is 37.5 Å². The molecule has 0 amide bonds. The van der Waals surface area contributed by atoms with Crippen molar-refractivity contribution in [2.75, 3.05) is 6.26 Å². The molecule has 1 aliphatic carbocycles. The maximum Gasteiger partial charge on any atom is 0.00753 e. The highest BCUT2D eigenvalue weighted by Gasteiger charge is 2.09. The molecule has 1 aromatic rings. The van der Waals surface area contributed by atoms with Crippen LogP contribution < -0.4 is 0 Å². The van der Waals surface area contributed by atoms with E-state index in [1.807, 2.05) is 11.8 Å². The zero-order chi connectivity index (χ0) is 8.55. The molecule has 0 unspecified atom stereocenters. The third kappa shape index (κ3) is 1.18. The van der Waals surface area contributed by atoms with Crippen molar-refractivity contribution < 1.29 is 0 Å². The zero-order valence-electron chi connectivity index (χ0n) is 7.42. The first-order valence-electron chi connectivity index (χ1n) is 4.15. The Hall–Kier alpha value is -0.690. The molecule has 2 rings (SSSR count). The second-order valence-electron chi connectivity index (χ2n) is 3.11. The number of hydrogen-bond acceptors (Lipinski definition) is 1. The van der Waals surface area contributed by atoms with Gasteiger partial charge in [-0.1, -0.05) is 12.1 Å². The van der Waals surface area contributed by atoms with Crippen molar-refractivity contribution in [3.8, 4) is 0 Å². The highest BCUT2D eigenvalue weighted by Crippen LogP contribution is 2.30. The van der Waals surface area contributed by atoms with Crippen LogP contribution >= 0.6 is 11.8 Å². The molecular formula is C11H12S. The maximum absolute atomic E-state index is 2.30. The van der Waals surface area contributed by atoms with Gasteiger partial charge in [0.15, 0.2) is 0 Å². The van der Waals surface area contributed by atoms with Gasteiger partial charge in [-0.3, -0.25) is 0 Å². The Morgan fingerprint density at radius 3 is 2.92 bits per heavy atom. The van der Waals surface area contributed by atoms with Gasteiger partial charge in [0.1, 0.15) is 0 Å². The molecular weight excluding hydrogens is 164 g/mol. The Balaban J connectivity index is 2.50. The fraction of sp³-hybridized carbons (Fsp3) is 0.273. The van der Waals surface area contributed by atoms with E-state index in [4.69, 9.17) is 0 Å². The maximum atomic E-state index is 2.30. The van der Waals surface area contributed by atoms with Crippen molar-refractivity contribution >= 4 is 17.3 Å². The lowest BCUT2D eigenvalue weighted by molar-refractivity contribution is 1.28. The Labute approximate surface area is 77.7 Å². The number of thioether (sulfide) groups is 1. The molecule has 0 saturated carbocycles. The summed E-state index contributed by atoms with van der Waals surface area (Å²) < 4.78 is 0. The quantitative estimate of drug-likeness (QED) is 0.591. The molecule has 0 heterocycles. The van der Waals surface area contributed by atoms with Crippen LogP contribution in [0.15, 0.2) is 29.2 Å². The van der Waals surface area contributed by atoms with Crippen LogP contribution in [0.1, 0.15) is 18.1 Å². The Bertz CT molecular complexity index is 337. The SMILES string of the molecule is CSc1ccc2c(c1)C(C)=CC2. The van der Waals surface area contributed by atoms with Crippen LogP contribution in [-0.4, -0.2) is 6.26 Å². The average Bonchev–Trinajstić information content (AvgIpc) is 2.47. The topological polar surface area (TPSA) is 0 Å². The van der Waals surface area contributed by atoms with E-state index in [-0.39, 0.29) is 0 Å². The van der Waals surface area contributed by atoms with Gasteiger partial charge in [0.05, 0.1) is 0 Å². The van der Waals surface area contributed by atoms with E-state index in [0.29, 0.717) is 0 Å². The lowest BCUT2D eigenvalue weighted by Gasteiger charge is -2.03. The molecule has 0 spiro atoms. The minimum absolute atomic E-state index is 1.12. The molecule has 0 aliphatic heterocycles. The summed E-state index contributed by atoms with van der Waals surface area (Å²) in [6.45, 7) is 2.19. The van der Waals surface area contributed by atoms with Crippen LogP contribution in [-0.2, 0) is 6.42 Å². The van der Waals surface area contributed by atoms with Gasteiger partial charge in [-0.25, -0.2) is 0 Å². The fourth-order valence-electron chi connectivity index (χ4n) is 1.60. The van der Waals surface area contributed by atoms with Crippen molar-refractivity contribution in [1.29, 1.82) is 0 Å². The molecule has 62 valence electrons. The Morgan fingerprint density at radius 2 is 2.17 bits per heavy atom. The zero-order valence-corrected chi connectivity index (χ0v) is 8.24. The van der Waals surface area contributed by atoms with E-state index in [9.17, 15) is 0 Å². The van der Waals surface area contributed by atoms with Gasteiger partial charge in [0.2, 0.25) is 0 Å². The van der Waals surface area contributed by atoms with Crippen LogP contribution in [0.4, 0.5) is 0 Å². The largest absolute Gasteiger partial charge is 0.130 e. The van der Waals surface area contributed by atoms with E-state index >= 15 is 0 Å². The summed E-state index contributed by atoms with van der Waals surface area (Å²) in [5, 5.41) is 0. The lowest BCUT2D eigenvalue weighted by Crippen LogP contribution is -1.82. The number of rotatable bonds is 1. The number of allylic oxidation sites excluding steroid dienone is 2. The van der Waals surface area contributed by atoms with Crippen molar-refractivity contribution in [1.82, 2.24) is 0 Å². The normalized spacial score (nSPS) is 14.3. The summed E-state index contributed by atoms with van der Waals surface area (Å²) in [6, 6.07) is 6.74. The fourth-order valence-corrected chi connectivity index (χ4v) is 2.04. The van der Waals surface area contributed by atoms with E-state index < -0.39 is 0 Å². The molecule has 0 nitrogen and oxygen atoms in total. The predicted molar refractivity (Wildman–Crippen MR) is 55.6 cm³/mol. The molecule has 0 radical (unpaired) electrons. The third-order valence-electron chi connectivity index (χ3n) is 2.37. The highest BCUT2D eigenvalue weighted by atomic mass is 32.2. The Kier molecular flexibility index (Phi) is 1.97. The van der Waals surface area contributed by atoms with Crippen LogP contribution in [0, 0.1) is 0 Å².